The molecule has 3 aromatic heterocycles. The van der Waals surface area contributed by atoms with Crippen molar-refractivity contribution in [1.82, 2.24) is 29.4 Å². The van der Waals surface area contributed by atoms with Crippen molar-refractivity contribution in [2.24, 2.45) is 0 Å². The number of likely N-dealkylation sites (tertiary alicyclic amines) is 1. The molecule has 0 amide bonds. The maximum atomic E-state index is 10.2. The van der Waals surface area contributed by atoms with E-state index in [0.717, 1.165) is 70.6 Å². The number of aldehydes is 2. The Kier molecular flexibility index (Phi) is 15.4. The number of aromatic nitrogens is 4. The van der Waals surface area contributed by atoms with Crippen LogP contribution < -0.4 is 14.3 Å². The van der Waals surface area contributed by atoms with E-state index in [1.807, 2.05) is 79.2 Å². The van der Waals surface area contributed by atoms with Crippen molar-refractivity contribution < 1.29 is 9.59 Å². The molecule has 1 saturated heterocycles. The van der Waals surface area contributed by atoms with Gasteiger partial charge in [-0.25, -0.2) is 0 Å². The van der Waals surface area contributed by atoms with Crippen molar-refractivity contribution in [3.8, 4) is 11.3 Å². The number of hydrogen-bond acceptors (Lipinski definition) is 9. The molecule has 10 nitrogen and oxygen atoms in total. The van der Waals surface area contributed by atoms with E-state index in [2.05, 4.69) is 32.3 Å². The molecule has 5 rings (SSSR count). The van der Waals surface area contributed by atoms with Gasteiger partial charge in [0.1, 0.15) is 12.6 Å². The molecule has 41 heavy (non-hydrogen) atoms. The summed E-state index contributed by atoms with van der Waals surface area (Å²) < 4.78 is 2.94. The number of nitrogen functional groups attached to an aromatic ring is 1. The normalized spacial score (nSPS) is 12.5. The molecule has 0 bridgehead atoms. The Labute approximate surface area is 258 Å². The summed E-state index contributed by atoms with van der Waals surface area (Å²) in [5.74, 6) is 0.291. The van der Waals surface area contributed by atoms with Crippen LogP contribution in [0.5, 0.6) is 0 Å². The summed E-state index contributed by atoms with van der Waals surface area (Å²) in [5.41, 5.74) is 10.3. The first-order valence-electron chi connectivity index (χ1n) is 13.2. The van der Waals surface area contributed by atoms with Crippen LogP contribution >= 0.6 is 0 Å². The van der Waals surface area contributed by atoms with Gasteiger partial charge in [0.2, 0.25) is 0 Å². The van der Waals surface area contributed by atoms with Crippen molar-refractivity contribution in [2.75, 3.05) is 58.9 Å². The van der Waals surface area contributed by atoms with Gasteiger partial charge in [-0.15, -0.1) is 0 Å². The Morgan fingerprint density at radius 2 is 1.78 bits per heavy atom. The number of nitrogens with two attached hydrogens (primary N) is 1. The number of carbonyl (C=O) groups is 2. The second kappa shape index (κ2) is 18.8. The molecular formula is C30H39N8O2Pb. The number of carbonyl (C=O) groups excluding carboxylic acids is 2. The Balaban J connectivity index is 0.000000210. The monoisotopic (exact) mass is 751 g/mol. The third-order valence-electron chi connectivity index (χ3n) is 5.82. The predicted octanol–water partition coefficient (Wildman–Crippen LogP) is 2.72. The first kappa shape index (κ1) is 33.7. The molecule has 11 heteroatoms. The summed E-state index contributed by atoms with van der Waals surface area (Å²) in [6.45, 7) is 3.47. The number of fused-ring (bicyclic) bond motifs is 1. The number of hydrogen-bond donors (Lipinski definition) is 2. The molecule has 1 fully saturated rings. The van der Waals surface area contributed by atoms with Crippen LogP contribution in [0.3, 0.4) is 0 Å². The summed E-state index contributed by atoms with van der Waals surface area (Å²) in [7, 11) is 7.92. The van der Waals surface area contributed by atoms with Crippen molar-refractivity contribution in [3.05, 3.63) is 78.6 Å². The average molecular weight is 751 g/mol. The number of nitrogens with zero attached hydrogens (tertiary/aromatic N) is 6. The van der Waals surface area contributed by atoms with Gasteiger partial charge in [0, 0.05) is 24.8 Å². The van der Waals surface area contributed by atoms with E-state index < -0.39 is 0 Å². The fourth-order valence-electron chi connectivity index (χ4n) is 3.70. The molecule has 1 aromatic carbocycles. The number of rotatable bonds is 6. The van der Waals surface area contributed by atoms with Crippen LogP contribution in [0.1, 0.15) is 23.2 Å². The molecule has 0 unspecified atom stereocenters. The van der Waals surface area contributed by atoms with Crippen LogP contribution in [0, 0.1) is 0 Å². The predicted molar refractivity (Wildman–Crippen MR) is 168 cm³/mol. The van der Waals surface area contributed by atoms with Crippen LogP contribution in [-0.2, 0) is 4.79 Å². The summed E-state index contributed by atoms with van der Waals surface area (Å²) in [6, 6.07) is 15.1. The molecule has 0 saturated carbocycles. The Bertz CT molecular complexity index is 1370. The molecule has 215 valence electrons. The first-order chi connectivity index (χ1) is 19.8. The van der Waals surface area contributed by atoms with E-state index in [1.165, 1.54) is 32.0 Å². The van der Waals surface area contributed by atoms with Gasteiger partial charge < -0.3 is 15.1 Å². The molecule has 4 heterocycles. The third-order valence-corrected chi connectivity index (χ3v) is 7.18. The SMILES string of the molecule is CN(C)C/C=C/C=O.CN1CCCC1.CNc1ccc(C=O)cc1.Nc1nccc(-c2[c]([Pb])nn3ccccc23)n1. The number of likely N-dealkylation sites (N-methyl/N-ethyl adjacent to an activating group) is 1. The summed E-state index contributed by atoms with van der Waals surface area (Å²) in [6.07, 6.45) is 11.4. The van der Waals surface area contributed by atoms with E-state index in [0.29, 0.717) is 11.5 Å². The first-order valence-corrected chi connectivity index (χ1v) is 15.2. The van der Waals surface area contributed by atoms with Crippen molar-refractivity contribution in [1.29, 1.82) is 0 Å². The van der Waals surface area contributed by atoms with Crippen LogP contribution in [0.4, 0.5) is 11.6 Å². The van der Waals surface area contributed by atoms with Crippen molar-refractivity contribution in [2.45, 2.75) is 12.8 Å². The minimum absolute atomic E-state index is 0.291. The molecule has 0 aliphatic carbocycles. The van der Waals surface area contributed by atoms with Crippen LogP contribution in [-0.4, -0.2) is 116 Å². The van der Waals surface area contributed by atoms with Crippen LogP contribution in [0.15, 0.2) is 73.1 Å². The average Bonchev–Trinajstić information content (AvgIpc) is 3.59. The number of allylic oxidation sites excluding steroid dienone is 1. The summed E-state index contributed by atoms with van der Waals surface area (Å²) in [4.78, 5) is 32.4. The van der Waals surface area contributed by atoms with E-state index in [4.69, 9.17) is 5.73 Å². The topological polar surface area (TPSA) is 122 Å². The Morgan fingerprint density at radius 1 is 1.07 bits per heavy atom. The zero-order valence-electron chi connectivity index (χ0n) is 24.2. The quantitative estimate of drug-likeness (QED) is 0.174. The van der Waals surface area contributed by atoms with E-state index >= 15 is 0 Å². The zero-order chi connectivity index (χ0) is 30.0. The third kappa shape index (κ3) is 12.3. The molecule has 3 radical (unpaired) electrons. The molecule has 0 atom stereocenters. The molecular weight excluding hydrogens is 712 g/mol. The molecule has 3 N–H and O–H groups in total. The van der Waals surface area contributed by atoms with Gasteiger partial charge in [-0.2, -0.15) is 0 Å². The van der Waals surface area contributed by atoms with E-state index in [9.17, 15) is 9.59 Å². The van der Waals surface area contributed by atoms with Gasteiger partial charge >= 0.3 is 114 Å². The van der Waals surface area contributed by atoms with Crippen LogP contribution in [0.2, 0.25) is 0 Å². The summed E-state index contributed by atoms with van der Waals surface area (Å²) in [5, 5.41) is 7.46. The Hall–Kier alpha value is -3.49. The van der Waals surface area contributed by atoms with E-state index in [1.54, 1.807) is 18.3 Å². The molecule has 4 aromatic rings. The van der Waals surface area contributed by atoms with Gasteiger partial charge in [0.15, 0.2) is 0 Å². The standard InChI is InChI=1S/C11H8N5.C8H9NO.C6H11NO.C5H11N.Pb/c12-11-13-5-4-9(15-11)8-7-14-16-6-2-1-3-10(8)16;1-9-8-4-2-7(6-10)3-5-8;1-7(2)5-3-4-6-8;1-6-4-2-3-5-6;/h1-6H,(H2,12,13,15);2-6,9H,1H3;3-4,6H,5H2,1-2H3;2-5H2,1H3;/b;;4-3+;;. The second-order valence-corrected chi connectivity index (χ2v) is 11.2. The van der Waals surface area contributed by atoms with Gasteiger partial charge in [0.05, 0.1) is 0 Å². The molecule has 1 aliphatic rings. The maximum absolute atomic E-state index is 10.2. The number of pyridine rings is 1. The van der Waals surface area contributed by atoms with Crippen molar-refractivity contribution in [3.63, 3.8) is 0 Å². The fourth-order valence-corrected chi connectivity index (χ4v) is 5.11. The number of anilines is 2. The van der Waals surface area contributed by atoms with Gasteiger partial charge in [-0.05, 0) is 77.4 Å². The minimum atomic E-state index is 0.291. The van der Waals surface area contributed by atoms with Gasteiger partial charge in [0.25, 0.3) is 0 Å². The molecule has 1 aliphatic heterocycles. The van der Waals surface area contributed by atoms with Crippen molar-refractivity contribution >= 4 is 58.7 Å². The number of nitrogens with one attached hydrogen (secondary N) is 1. The fraction of sp³-hybridized carbons (Fsp3) is 0.300. The number of benzene rings is 1. The van der Waals surface area contributed by atoms with Gasteiger partial charge in [-0.1, -0.05) is 6.08 Å². The van der Waals surface area contributed by atoms with Crippen LogP contribution in [0.25, 0.3) is 16.8 Å². The van der Waals surface area contributed by atoms with Gasteiger partial charge in [-0.3, -0.25) is 9.59 Å². The molecule has 0 spiro atoms. The van der Waals surface area contributed by atoms with E-state index in [-0.39, 0.29) is 0 Å². The zero-order valence-corrected chi connectivity index (χ0v) is 28.1. The summed E-state index contributed by atoms with van der Waals surface area (Å²) >= 11 is 0.864. The Morgan fingerprint density at radius 3 is 2.32 bits per heavy atom. The second-order valence-electron chi connectivity index (χ2n) is 9.38.